The Morgan fingerprint density at radius 2 is 1.62 bits per heavy atom. The highest BCUT2D eigenvalue weighted by molar-refractivity contribution is 7.92. The number of hydrogen-bond acceptors (Lipinski definition) is 6. The molecule has 9 heteroatoms. The molecule has 7 nitrogen and oxygen atoms in total. The number of aromatic nitrogens is 2. The van der Waals surface area contributed by atoms with E-state index in [-0.39, 0.29) is 16.8 Å². The number of carbonyl (C=O) groups excluding carboxylic acids is 1. The summed E-state index contributed by atoms with van der Waals surface area (Å²) < 4.78 is 27.3. The largest absolute Gasteiger partial charge is 0.321 e. The molecule has 1 aliphatic carbocycles. The summed E-state index contributed by atoms with van der Waals surface area (Å²) in [4.78, 5) is 22.4. The van der Waals surface area contributed by atoms with Crippen LogP contribution in [0.3, 0.4) is 0 Å². The van der Waals surface area contributed by atoms with Gasteiger partial charge in [0.2, 0.25) is 5.95 Å². The minimum Gasteiger partial charge on any atom is -0.321 e. The standard InChI is InChI=1S/C23H18N4O3S2/c28-22(20-14-16-7-6-15-4-1-2-5-19(15)21(16)31-20)26-17-8-10-18(11-9-17)32(29,30)27-23-24-12-3-13-25-23/h1-5,8-14H,6-7H2,(H,26,28)(H,24,25,27). The molecule has 0 saturated heterocycles. The van der Waals surface area contributed by atoms with Crippen LogP contribution >= 0.6 is 11.3 Å². The van der Waals surface area contributed by atoms with Crippen molar-refractivity contribution in [3.63, 3.8) is 0 Å². The Kier molecular flexibility index (Phi) is 5.20. The van der Waals surface area contributed by atoms with Gasteiger partial charge in [-0.3, -0.25) is 4.79 Å². The highest BCUT2D eigenvalue weighted by Crippen LogP contribution is 2.39. The van der Waals surface area contributed by atoms with Gasteiger partial charge in [-0.2, -0.15) is 0 Å². The van der Waals surface area contributed by atoms with Crippen LogP contribution in [-0.2, 0) is 22.9 Å². The molecule has 0 unspecified atom stereocenters. The molecule has 0 radical (unpaired) electrons. The summed E-state index contributed by atoms with van der Waals surface area (Å²) in [6.45, 7) is 0. The van der Waals surface area contributed by atoms with Crippen molar-refractivity contribution in [1.29, 1.82) is 0 Å². The van der Waals surface area contributed by atoms with E-state index in [4.69, 9.17) is 0 Å². The number of sulfonamides is 1. The highest BCUT2D eigenvalue weighted by Gasteiger charge is 2.21. The highest BCUT2D eigenvalue weighted by atomic mass is 32.2. The fourth-order valence-electron chi connectivity index (χ4n) is 3.62. The van der Waals surface area contributed by atoms with Gasteiger partial charge in [-0.15, -0.1) is 11.3 Å². The number of fused-ring (bicyclic) bond motifs is 3. The summed E-state index contributed by atoms with van der Waals surface area (Å²) in [6.07, 6.45) is 4.79. The number of rotatable bonds is 5. The zero-order chi connectivity index (χ0) is 22.1. The van der Waals surface area contributed by atoms with Crippen LogP contribution < -0.4 is 10.0 Å². The van der Waals surface area contributed by atoms with E-state index in [0.29, 0.717) is 10.6 Å². The van der Waals surface area contributed by atoms with Crippen molar-refractivity contribution < 1.29 is 13.2 Å². The average molecular weight is 463 g/mol. The Morgan fingerprint density at radius 3 is 2.41 bits per heavy atom. The number of hydrogen-bond donors (Lipinski definition) is 2. The number of amides is 1. The number of benzene rings is 2. The molecule has 4 aromatic rings. The smallest absolute Gasteiger partial charge is 0.265 e. The van der Waals surface area contributed by atoms with Crippen LogP contribution in [-0.4, -0.2) is 24.3 Å². The number of thiophene rings is 1. The van der Waals surface area contributed by atoms with Gasteiger partial charge >= 0.3 is 0 Å². The molecule has 160 valence electrons. The van der Waals surface area contributed by atoms with Gasteiger partial charge < -0.3 is 5.32 Å². The molecule has 2 heterocycles. The van der Waals surface area contributed by atoms with E-state index in [1.165, 1.54) is 52.6 Å². The second-order valence-corrected chi connectivity index (χ2v) is 10.0. The molecule has 0 atom stereocenters. The zero-order valence-electron chi connectivity index (χ0n) is 16.8. The van der Waals surface area contributed by atoms with Crippen molar-refractivity contribution in [3.05, 3.63) is 89.1 Å². The molecule has 0 spiro atoms. The Balaban J connectivity index is 1.32. The minimum atomic E-state index is -3.83. The van der Waals surface area contributed by atoms with E-state index in [2.05, 4.69) is 32.1 Å². The van der Waals surface area contributed by atoms with Crippen LogP contribution in [0.1, 0.15) is 20.8 Å². The summed E-state index contributed by atoms with van der Waals surface area (Å²) in [6, 6.07) is 17.8. The number of nitrogens with zero attached hydrogens (tertiary/aromatic N) is 2. The van der Waals surface area contributed by atoms with E-state index in [9.17, 15) is 13.2 Å². The van der Waals surface area contributed by atoms with Gasteiger partial charge in [0.1, 0.15) is 0 Å². The van der Waals surface area contributed by atoms with Gasteiger partial charge in [0, 0.05) is 23.0 Å². The monoisotopic (exact) mass is 462 g/mol. The maximum atomic E-state index is 12.8. The molecule has 1 aliphatic rings. The number of nitrogens with one attached hydrogen (secondary N) is 2. The predicted molar refractivity (Wildman–Crippen MR) is 124 cm³/mol. The Bertz CT molecular complexity index is 1400. The van der Waals surface area contributed by atoms with Gasteiger partial charge in [-0.1, -0.05) is 24.3 Å². The maximum absolute atomic E-state index is 12.8. The Labute approximate surface area is 189 Å². The second kappa shape index (κ2) is 8.18. The lowest BCUT2D eigenvalue weighted by Gasteiger charge is -2.15. The van der Waals surface area contributed by atoms with Crippen LogP contribution in [0.2, 0.25) is 0 Å². The van der Waals surface area contributed by atoms with Gasteiger partial charge in [-0.05, 0) is 65.9 Å². The summed E-state index contributed by atoms with van der Waals surface area (Å²) >= 11 is 1.48. The van der Waals surface area contributed by atoms with Crippen LogP contribution in [0.4, 0.5) is 11.6 Å². The third-order valence-corrected chi connectivity index (χ3v) is 7.73. The topological polar surface area (TPSA) is 101 Å². The van der Waals surface area contributed by atoms with Crippen LogP contribution in [0.5, 0.6) is 0 Å². The van der Waals surface area contributed by atoms with Crippen molar-refractivity contribution in [2.45, 2.75) is 17.7 Å². The average Bonchev–Trinajstić information content (AvgIpc) is 3.25. The van der Waals surface area contributed by atoms with Gasteiger partial charge in [-0.25, -0.2) is 23.1 Å². The summed E-state index contributed by atoms with van der Waals surface area (Å²) in [5.41, 5.74) is 4.20. The molecule has 0 saturated carbocycles. The predicted octanol–water partition coefficient (Wildman–Crippen LogP) is 4.36. The minimum absolute atomic E-state index is 0.00637. The third-order valence-electron chi connectivity index (χ3n) is 5.17. The molecule has 0 fully saturated rings. The van der Waals surface area contributed by atoms with E-state index in [0.717, 1.165) is 17.7 Å². The maximum Gasteiger partial charge on any atom is 0.265 e. The van der Waals surface area contributed by atoms with Crippen molar-refractivity contribution in [3.8, 4) is 10.4 Å². The van der Waals surface area contributed by atoms with Gasteiger partial charge in [0.25, 0.3) is 15.9 Å². The van der Waals surface area contributed by atoms with E-state index in [1.807, 2.05) is 18.2 Å². The van der Waals surface area contributed by atoms with Crippen LogP contribution in [0, 0.1) is 0 Å². The molecule has 2 aromatic carbocycles. The third kappa shape index (κ3) is 4.00. The quantitative estimate of drug-likeness (QED) is 0.459. The lowest BCUT2D eigenvalue weighted by Crippen LogP contribution is -2.15. The fraction of sp³-hybridized carbons (Fsp3) is 0.0870. The molecule has 0 aliphatic heterocycles. The number of anilines is 2. The zero-order valence-corrected chi connectivity index (χ0v) is 18.4. The molecule has 0 bridgehead atoms. The Hall–Kier alpha value is -3.56. The van der Waals surface area contributed by atoms with Gasteiger partial charge in [0.05, 0.1) is 9.77 Å². The van der Waals surface area contributed by atoms with Crippen molar-refractivity contribution in [2.75, 3.05) is 10.0 Å². The van der Waals surface area contributed by atoms with E-state index >= 15 is 0 Å². The van der Waals surface area contributed by atoms with Crippen molar-refractivity contribution in [1.82, 2.24) is 9.97 Å². The first-order valence-corrected chi connectivity index (χ1v) is 12.2. The normalized spacial score (nSPS) is 12.5. The molecular formula is C23H18N4O3S2. The lowest BCUT2D eigenvalue weighted by molar-refractivity contribution is 0.103. The second-order valence-electron chi connectivity index (χ2n) is 7.28. The fourth-order valence-corrected chi connectivity index (χ4v) is 5.75. The molecular weight excluding hydrogens is 444 g/mol. The van der Waals surface area contributed by atoms with Crippen LogP contribution in [0.15, 0.2) is 78.0 Å². The molecule has 2 aromatic heterocycles. The molecule has 5 rings (SSSR count). The summed E-state index contributed by atoms with van der Waals surface area (Å²) in [5, 5.41) is 2.85. The first-order valence-electron chi connectivity index (χ1n) is 9.92. The van der Waals surface area contributed by atoms with E-state index in [1.54, 1.807) is 18.2 Å². The van der Waals surface area contributed by atoms with E-state index < -0.39 is 10.0 Å². The van der Waals surface area contributed by atoms with Gasteiger partial charge in [0.15, 0.2) is 0 Å². The first-order chi connectivity index (χ1) is 15.5. The molecule has 2 N–H and O–H groups in total. The Morgan fingerprint density at radius 1 is 0.906 bits per heavy atom. The lowest BCUT2D eigenvalue weighted by atomic mass is 9.91. The van der Waals surface area contributed by atoms with Crippen molar-refractivity contribution in [2.24, 2.45) is 0 Å². The molecule has 32 heavy (non-hydrogen) atoms. The molecule has 1 amide bonds. The van der Waals surface area contributed by atoms with Crippen LogP contribution in [0.25, 0.3) is 10.4 Å². The SMILES string of the molecule is O=C(Nc1ccc(S(=O)(=O)Nc2ncccn2)cc1)c1cc2c(s1)-c1ccccc1CC2. The summed E-state index contributed by atoms with van der Waals surface area (Å²) in [5.74, 6) is -0.221. The number of carbonyl (C=O) groups is 1. The number of aryl methyl sites for hydroxylation is 2. The summed E-state index contributed by atoms with van der Waals surface area (Å²) in [7, 11) is -3.83. The van der Waals surface area contributed by atoms with Crippen molar-refractivity contribution >= 4 is 38.9 Å². The first kappa shape index (κ1) is 20.3.